The minimum absolute atomic E-state index is 0.0819. The number of amides is 1. The number of halogens is 2. The van der Waals surface area contributed by atoms with Crippen molar-refractivity contribution in [2.75, 3.05) is 10.2 Å². The molecule has 1 aliphatic rings. The van der Waals surface area contributed by atoms with Crippen LogP contribution < -0.4 is 10.2 Å². The summed E-state index contributed by atoms with van der Waals surface area (Å²) in [6.45, 7) is 0. The van der Waals surface area contributed by atoms with Crippen LogP contribution in [0.15, 0.2) is 72.8 Å². The van der Waals surface area contributed by atoms with Gasteiger partial charge < -0.3 is 5.32 Å². The smallest absolute Gasteiger partial charge is 0.262 e. The Hall–Kier alpha value is -2.49. The third kappa shape index (κ3) is 2.86. The van der Waals surface area contributed by atoms with Gasteiger partial charge in [-0.05, 0) is 42.5 Å². The monoisotopic (exact) mass is 368 g/mol. The highest BCUT2D eigenvalue weighted by Gasteiger charge is 2.34. The summed E-state index contributed by atoms with van der Waals surface area (Å²) in [5.74, 6) is -0.0819. The van der Waals surface area contributed by atoms with Crippen LogP contribution in [-0.2, 0) is 0 Å². The second-order valence-corrected chi connectivity index (χ2v) is 6.61. The molecule has 25 heavy (non-hydrogen) atoms. The molecule has 1 amide bonds. The molecule has 0 fully saturated rings. The number of carbonyl (C=O) groups excluding carboxylic acids is 1. The van der Waals surface area contributed by atoms with Gasteiger partial charge in [-0.25, -0.2) is 0 Å². The summed E-state index contributed by atoms with van der Waals surface area (Å²) in [7, 11) is 0. The summed E-state index contributed by atoms with van der Waals surface area (Å²) < 4.78 is 0. The third-order valence-corrected chi connectivity index (χ3v) is 4.83. The van der Waals surface area contributed by atoms with Crippen LogP contribution in [0.2, 0.25) is 10.0 Å². The van der Waals surface area contributed by atoms with Crippen LogP contribution in [0.5, 0.6) is 0 Å². The Balaban J connectivity index is 1.89. The van der Waals surface area contributed by atoms with Crippen LogP contribution in [0.1, 0.15) is 22.1 Å². The second kappa shape index (κ2) is 6.43. The van der Waals surface area contributed by atoms with Crippen molar-refractivity contribution in [2.45, 2.75) is 6.17 Å². The van der Waals surface area contributed by atoms with Gasteiger partial charge in [-0.3, -0.25) is 9.69 Å². The molecule has 5 heteroatoms. The summed E-state index contributed by atoms with van der Waals surface area (Å²) in [5.41, 5.74) is 3.01. The van der Waals surface area contributed by atoms with Crippen LogP contribution in [0.3, 0.4) is 0 Å². The van der Waals surface area contributed by atoms with Gasteiger partial charge in [0.1, 0.15) is 6.17 Å². The van der Waals surface area contributed by atoms with Gasteiger partial charge >= 0.3 is 0 Å². The average molecular weight is 369 g/mol. The first-order valence-corrected chi connectivity index (χ1v) is 8.60. The van der Waals surface area contributed by atoms with Crippen molar-refractivity contribution in [1.82, 2.24) is 0 Å². The van der Waals surface area contributed by atoms with Crippen LogP contribution in [-0.4, -0.2) is 5.91 Å². The summed E-state index contributed by atoms with van der Waals surface area (Å²) in [6.07, 6.45) is -0.405. The molecule has 0 saturated carbocycles. The molecule has 0 aliphatic carbocycles. The number of carbonyl (C=O) groups is 1. The minimum atomic E-state index is -0.405. The first-order valence-electron chi connectivity index (χ1n) is 7.84. The fraction of sp³-hybridized carbons (Fsp3) is 0.0500. The second-order valence-electron chi connectivity index (χ2n) is 5.77. The van der Waals surface area contributed by atoms with Crippen molar-refractivity contribution in [3.63, 3.8) is 0 Å². The normalized spacial score (nSPS) is 16.3. The van der Waals surface area contributed by atoms with Crippen molar-refractivity contribution in [1.29, 1.82) is 0 Å². The molecule has 0 unspecified atom stereocenters. The summed E-state index contributed by atoms with van der Waals surface area (Å²) in [6, 6.07) is 22.2. The van der Waals surface area contributed by atoms with Gasteiger partial charge in [-0.1, -0.05) is 53.5 Å². The van der Waals surface area contributed by atoms with Crippen molar-refractivity contribution < 1.29 is 4.79 Å². The highest BCUT2D eigenvalue weighted by molar-refractivity contribution is 6.31. The number of nitrogens with one attached hydrogen (secondary N) is 1. The summed E-state index contributed by atoms with van der Waals surface area (Å²) >= 11 is 12.4. The molecule has 0 radical (unpaired) electrons. The Morgan fingerprint density at radius 2 is 1.52 bits per heavy atom. The first-order chi connectivity index (χ1) is 12.1. The van der Waals surface area contributed by atoms with Crippen LogP contribution >= 0.6 is 23.2 Å². The Kier molecular flexibility index (Phi) is 4.12. The molecular formula is C20H14Cl2N2O. The van der Waals surface area contributed by atoms with E-state index in [1.54, 1.807) is 17.0 Å². The SMILES string of the molecule is O=C1c2ccccc2N[C@@H](c2ccccc2Cl)N1c1ccc(Cl)cc1. The number of rotatable bonds is 2. The first kappa shape index (κ1) is 16.0. The topological polar surface area (TPSA) is 32.3 Å². The van der Waals surface area contributed by atoms with Crippen LogP contribution in [0.4, 0.5) is 11.4 Å². The van der Waals surface area contributed by atoms with Gasteiger partial charge in [0.25, 0.3) is 5.91 Å². The van der Waals surface area contributed by atoms with E-state index >= 15 is 0 Å². The van der Waals surface area contributed by atoms with E-state index in [1.165, 1.54) is 0 Å². The lowest BCUT2D eigenvalue weighted by molar-refractivity contribution is 0.0975. The van der Waals surface area contributed by atoms with Gasteiger partial charge in [0.05, 0.1) is 5.56 Å². The zero-order valence-electron chi connectivity index (χ0n) is 13.1. The molecule has 0 aromatic heterocycles. The Morgan fingerprint density at radius 1 is 0.840 bits per heavy atom. The Morgan fingerprint density at radius 3 is 2.28 bits per heavy atom. The van der Waals surface area contributed by atoms with Gasteiger partial charge in [-0.2, -0.15) is 0 Å². The van der Waals surface area contributed by atoms with E-state index in [9.17, 15) is 4.79 Å². The largest absolute Gasteiger partial charge is 0.360 e. The molecule has 0 saturated heterocycles. The van der Waals surface area contributed by atoms with Gasteiger partial charge in [0, 0.05) is 27.0 Å². The third-order valence-electron chi connectivity index (χ3n) is 4.23. The maximum atomic E-state index is 13.2. The minimum Gasteiger partial charge on any atom is -0.360 e. The highest BCUT2D eigenvalue weighted by atomic mass is 35.5. The van der Waals surface area contributed by atoms with Crippen LogP contribution in [0, 0.1) is 0 Å². The lowest BCUT2D eigenvalue weighted by atomic mass is 10.0. The van der Waals surface area contributed by atoms with Gasteiger partial charge in [0.2, 0.25) is 0 Å². The maximum Gasteiger partial charge on any atom is 0.262 e. The number of nitrogens with zero attached hydrogens (tertiary/aromatic N) is 1. The molecule has 0 bridgehead atoms. The Labute approximate surface area is 155 Å². The molecule has 1 aliphatic heterocycles. The van der Waals surface area contributed by atoms with E-state index in [0.29, 0.717) is 15.6 Å². The molecule has 1 heterocycles. The average Bonchev–Trinajstić information content (AvgIpc) is 2.63. The van der Waals surface area contributed by atoms with Gasteiger partial charge in [0.15, 0.2) is 0 Å². The Bertz CT molecular complexity index is 940. The van der Waals surface area contributed by atoms with Crippen LogP contribution in [0.25, 0.3) is 0 Å². The molecule has 4 rings (SSSR count). The van der Waals surface area contributed by atoms with E-state index in [-0.39, 0.29) is 5.91 Å². The van der Waals surface area contributed by atoms with E-state index in [0.717, 1.165) is 16.9 Å². The summed E-state index contributed by atoms with van der Waals surface area (Å²) in [5, 5.41) is 4.66. The van der Waals surface area contributed by atoms with E-state index in [4.69, 9.17) is 23.2 Å². The molecule has 3 nitrogen and oxygen atoms in total. The number of hydrogen-bond donors (Lipinski definition) is 1. The lowest BCUT2D eigenvalue weighted by Crippen LogP contribution is -2.43. The fourth-order valence-electron chi connectivity index (χ4n) is 3.04. The van der Waals surface area contributed by atoms with Gasteiger partial charge in [-0.15, -0.1) is 0 Å². The molecular weight excluding hydrogens is 355 g/mol. The van der Waals surface area contributed by atoms with E-state index in [2.05, 4.69) is 5.32 Å². The predicted octanol–water partition coefficient (Wildman–Crippen LogP) is 5.76. The van der Waals surface area contributed by atoms with Crippen molar-refractivity contribution in [2.24, 2.45) is 0 Å². The standard InChI is InChI=1S/C20H14Cl2N2O/c21-13-9-11-14(12-10-13)24-19(15-5-1-3-7-17(15)22)23-18-8-4-2-6-16(18)20(24)25/h1-12,19,23H/t19-/m1/s1. The molecule has 124 valence electrons. The predicted molar refractivity (Wildman–Crippen MR) is 103 cm³/mol. The van der Waals surface area contributed by atoms with Crippen molar-refractivity contribution >= 4 is 40.5 Å². The fourth-order valence-corrected chi connectivity index (χ4v) is 3.40. The zero-order valence-corrected chi connectivity index (χ0v) is 14.6. The maximum absolute atomic E-state index is 13.2. The van der Waals surface area contributed by atoms with Crippen molar-refractivity contribution in [3.8, 4) is 0 Å². The van der Waals surface area contributed by atoms with E-state index in [1.807, 2.05) is 60.7 Å². The lowest BCUT2D eigenvalue weighted by Gasteiger charge is -2.38. The number of para-hydroxylation sites is 1. The van der Waals surface area contributed by atoms with Crippen molar-refractivity contribution in [3.05, 3.63) is 94.0 Å². The summed E-state index contributed by atoms with van der Waals surface area (Å²) in [4.78, 5) is 14.9. The molecule has 0 spiro atoms. The molecule has 1 atom stereocenters. The number of benzene rings is 3. The quantitative estimate of drug-likeness (QED) is 0.623. The molecule has 3 aromatic rings. The van der Waals surface area contributed by atoms with E-state index < -0.39 is 6.17 Å². The molecule has 1 N–H and O–H groups in total. The number of fused-ring (bicyclic) bond motifs is 1. The zero-order chi connectivity index (χ0) is 17.4. The number of anilines is 2. The number of hydrogen-bond acceptors (Lipinski definition) is 2. The molecule has 3 aromatic carbocycles. The highest BCUT2D eigenvalue weighted by Crippen LogP contribution is 2.38.